The smallest absolute Gasteiger partial charge is 0.319 e. The van der Waals surface area contributed by atoms with Crippen LogP contribution in [-0.2, 0) is 12.2 Å². The van der Waals surface area contributed by atoms with Crippen molar-refractivity contribution >= 4 is 29.2 Å². The van der Waals surface area contributed by atoms with Gasteiger partial charge in [0.2, 0.25) is 0 Å². The highest BCUT2D eigenvalue weighted by atomic mass is 32.2. The fourth-order valence-corrected chi connectivity index (χ4v) is 5.59. The summed E-state index contributed by atoms with van der Waals surface area (Å²) < 4.78 is 15.3. The van der Waals surface area contributed by atoms with Crippen LogP contribution in [-0.4, -0.2) is 25.7 Å². The minimum atomic E-state index is -0.616. The number of hydrogen-bond acceptors (Lipinski definition) is 6. The van der Waals surface area contributed by atoms with Gasteiger partial charge < -0.3 is 10.6 Å². The summed E-state index contributed by atoms with van der Waals surface area (Å²) in [6.45, 7) is 3.86. The molecule has 1 aromatic heterocycles. The summed E-state index contributed by atoms with van der Waals surface area (Å²) >= 11 is 1.39. The first-order valence-corrected chi connectivity index (χ1v) is 14.5. The average molecular weight is 597 g/mol. The van der Waals surface area contributed by atoms with Crippen molar-refractivity contribution in [1.29, 1.82) is 0 Å². The van der Waals surface area contributed by atoms with Crippen molar-refractivity contribution < 1.29 is 14.1 Å². The van der Waals surface area contributed by atoms with Crippen molar-refractivity contribution in [2.75, 3.05) is 5.32 Å². The molecular formula is C32H29FN6O3S. The zero-order valence-corrected chi connectivity index (χ0v) is 24.3. The molecule has 0 spiro atoms. The molecule has 0 aliphatic carbocycles. The highest BCUT2D eigenvalue weighted by Gasteiger charge is 2.26. The van der Waals surface area contributed by atoms with Crippen LogP contribution in [0.1, 0.15) is 34.1 Å². The van der Waals surface area contributed by atoms with Crippen molar-refractivity contribution in [2.24, 2.45) is 0 Å². The molecule has 0 bridgehead atoms. The number of nitrogens with one attached hydrogen (secondary N) is 2. The standard InChI is InChI=1S/C32H29FN6O3S/c1-21-7-6-8-22(2)29(21)35-31(40)34-28(19-23-9-4-3-5-10-23)30-36-37-32(43-20-24-11-13-25(33)14-12-24)38(30)26-15-17-27(18-16-26)39(41)42/h3-18,28H,19-20H2,1-2H3,(H2,34,35,40). The molecule has 1 atom stereocenters. The Bertz CT molecular complexity index is 1710. The van der Waals surface area contributed by atoms with Crippen molar-refractivity contribution in [2.45, 2.75) is 37.2 Å². The molecule has 0 radical (unpaired) electrons. The number of anilines is 1. The lowest BCUT2D eigenvalue weighted by Crippen LogP contribution is -2.35. The number of aromatic nitrogens is 3. The fraction of sp³-hybridized carbons (Fsp3) is 0.156. The first-order valence-electron chi connectivity index (χ1n) is 13.5. The zero-order valence-electron chi connectivity index (χ0n) is 23.5. The van der Waals surface area contributed by atoms with Crippen molar-refractivity contribution in [1.82, 2.24) is 20.1 Å². The minimum absolute atomic E-state index is 0.0502. The predicted molar refractivity (Wildman–Crippen MR) is 165 cm³/mol. The van der Waals surface area contributed by atoms with E-state index in [1.54, 1.807) is 28.8 Å². The van der Waals surface area contributed by atoms with Gasteiger partial charge in [-0.2, -0.15) is 0 Å². The molecule has 0 saturated heterocycles. The Kier molecular flexibility index (Phi) is 9.11. The molecule has 1 heterocycles. The second-order valence-electron chi connectivity index (χ2n) is 9.97. The molecule has 2 amide bonds. The monoisotopic (exact) mass is 596 g/mol. The van der Waals surface area contributed by atoms with Crippen LogP contribution >= 0.6 is 11.8 Å². The molecule has 4 aromatic carbocycles. The van der Waals surface area contributed by atoms with Crippen molar-refractivity contribution in [3.05, 3.63) is 141 Å². The van der Waals surface area contributed by atoms with Gasteiger partial charge in [0, 0.05) is 35.7 Å². The van der Waals surface area contributed by atoms with Gasteiger partial charge in [0.1, 0.15) is 5.82 Å². The summed E-state index contributed by atoms with van der Waals surface area (Å²) in [5.74, 6) is 0.616. The lowest BCUT2D eigenvalue weighted by molar-refractivity contribution is -0.384. The van der Waals surface area contributed by atoms with Crippen LogP contribution in [0.15, 0.2) is 102 Å². The number of para-hydroxylation sites is 1. The van der Waals surface area contributed by atoms with Gasteiger partial charge in [0.25, 0.3) is 5.69 Å². The second kappa shape index (κ2) is 13.3. The van der Waals surface area contributed by atoms with Crippen molar-refractivity contribution in [3.8, 4) is 5.69 Å². The van der Waals surface area contributed by atoms with Crippen LogP contribution in [0, 0.1) is 29.8 Å². The summed E-state index contributed by atoms with van der Waals surface area (Å²) in [6, 6.07) is 26.8. The number of nitro groups is 1. The number of nitrogens with zero attached hydrogens (tertiary/aromatic N) is 4. The predicted octanol–water partition coefficient (Wildman–Crippen LogP) is 7.33. The summed E-state index contributed by atoms with van der Waals surface area (Å²) in [7, 11) is 0. The topological polar surface area (TPSA) is 115 Å². The molecule has 5 aromatic rings. The fourth-order valence-electron chi connectivity index (χ4n) is 4.67. The molecular weight excluding hydrogens is 567 g/mol. The van der Waals surface area contributed by atoms with Gasteiger partial charge in [-0.15, -0.1) is 10.2 Å². The van der Waals surface area contributed by atoms with Gasteiger partial charge in [-0.1, -0.05) is 72.4 Å². The summed E-state index contributed by atoms with van der Waals surface area (Å²) in [5, 5.41) is 26.9. The third-order valence-electron chi connectivity index (χ3n) is 6.88. The highest BCUT2D eigenvalue weighted by molar-refractivity contribution is 7.98. The molecule has 1 unspecified atom stereocenters. The van der Waals surface area contributed by atoms with E-state index in [2.05, 4.69) is 20.8 Å². The lowest BCUT2D eigenvalue weighted by Gasteiger charge is -2.21. The third-order valence-corrected chi connectivity index (χ3v) is 7.88. The van der Waals surface area contributed by atoms with E-state index in [0.717, 1.165) is 27.9 Å². The number of rotatable bonds is 10. The largest absolute Gasteiger partial charge is 0.327 e. The van der Waals surface area contributed by atoms with E-state index < -0.39 is 17.0 Å². The van der Waals surface area contributed by atoms with E-state index in [1.165, 1.54) is 36.0 Å². The van der Waals surface area contributed by atoms with Crippen LogP contribution in [0.25, 0.3) is 5.69 Å². The Labute approximate surface area is 252 Å². The van der Waals surface area contributed by atoms with E-state index in [9.17, 15) is 19.3 Å². The Hall–Kier alpha value is -5.03. The van der Waals surface area contributed by atoms with Crippen LogP contribution in [0.4, 0.5) is 20.6 Å². The number of non-ortho nitro benzene ring substituents is 1. The van der Waals surface area contributed by atoms with Gasteiger partial charge in [-0.3, -0.25) is 14.7 Å². The number of carbonyl (C=O) groups is 1. The van der Waals surface area contributed by atoms with E-state index in [-0.39, 0.29) is 11.5 Å². The van der Waals surface area contributed by atoms with Gasteiger partial charge in [0.05, 0.1) is 11.0 Å². The molecule has 218 valence electrons. The van der Waals surface area contributed by atoms with Crippen LogP contribution in [0.3, 0.4) is 0 Å². The number of thioether (sulfide) groups is 1. The van der Waals surface area contributed by atoms with Crippen LogP contribution < -0.4 is 10.6 Å². The number of benzene rings is 4. The molecule has 0 aliphatic heterocycles. The molecule has 5 rings (SSSR count). The molecule has 2 N–H and O–H groups in total. The SMILES string of the molecule is Cc1cccc(C)c1NC(=O)NC(Cc1ccccc1)c1nnc(SCc2ccc(F)cc2)n1-c1ccc([N+](=O)[O-])cc1. The van der Waals surface area contributed by atoms with Gasteiger partial charge in [-0.25, -0.2) is 9.18 Å². The lowest BCUT2D eigenvalue weighted by atomic mass is 10.1. The van der Waals surface area contributed by atoms with E-state index in [1.807, 2.05) is 62.4 Å². The Balaban J connectivity index is 1.52. The number of urea groups is 1. The molecule has 0 fully saturated rings. The number of amides is 2. The number of halogens is 1. The number of hydrogen-bond donors (Lipinski definition) is 2. The summed E-state index contributed by atoms with van der Waals surface area (Å²) in [5.41, 5.74) is 5.00. The van der Waals surface area contributed by atoms with E-state index in [4.69, 9.17) is 0 Å². The van der Waals surface area contributed by atoms with Crippen molar-refractivity contribution in [3.63, 3.8) is 0 Å². The highest BCUT2D eigenvalue weighted by Crippen LogP contribution is 2.30. The van der Waals surface area contributed by atoms with Crippen LogP contribution in [0.2, 0.25) is 0 Å². The number of nitro benzene ring substituents is 1. The minimum Gasteiger partial charge on any atom is -0.327 e. The Morgan fingerprint density at radius 2 is 1.58 bits per heavy atom. The van der Waals surface area contributed by atoms with Gasteiger partial charge in [-0.05, 0) is 60.4 Å². The zero-order chi connectivity index (χ0) is 30.3. The molecule has 9 nitrogen and oxygen atoms in total. The normalized spacial score (nSPS) is 11.6. The maximum absolute atomic E-state index is 13.5. The maximum atomic E-state index is 13.5. The maximum Gasteiger partial charge on any atom is 0.319 e. The van der Waals surface area contributed by atoms with Gasteiger partial charge in [0.15, 0.2) is 11.0 Å². The summed E-state index contributed by atoms with van der Waals surface area (Å²) in [6.07, 6.45) is 0.411. The quantitative estimate of drug-likeness (QED) is 0.0991. The second-order valence-corrected chi connectivity index (χ2v) is 10.9. The molecule has 0 saturated carbocycles. The first kappa shape index (κ1) is 29.5. The molecule has 43 heavy (non-hydrogen) atoms. The van der Waals surface area contributed by atoms with Crippen LogP contribution in [0.5, 0.6) is 0 Å². The number of aryl methyl sites for hydroxylation is 2. The first-order chi connectivity index (χ1) is 20.8. The van der Waals surface area contributed by atoms with E-state index in [0.29, 0.717) is 28.8 Å². The number of carbonyl (C=O) groups excluding carboxylic acids is 1. The Morgan fingerprint density at radius 1 is 0.907 bits per heavy atom. The molecule has 11 heteroatoms. The van der Waals surface area contributed by atoms with E-state index >= 15 is 0 Å². The van der Waals surface area contributed by atoms with Gasteiger partial charge >= 0.3 is 6.03 Å². The average Bonchev–Trinajstić information content (AvgIpc) is 3.43. The summed E-state index contributed by atoms with van der Waals surface area (Å²) in [4.78, 5) is 24.3. The third kappa shape index (κ3) is 7.25. The molecule has 0 aliphatic rings. The Morgan fingerprint density at radius 3 is 2.23 bits per heavy atom.